The number of rotatable bonds is 4. The fourth-order valence-electron chi connectivity index (χ4n) is 2.60. The van der Waals surface area contributed by atoms with Gasteiger partial charge >= 0.3 is 0 Å². The molecule has 112 valence electrons. The Balaban J connectivity index is 1.90. The van der Waals surface area contributed by atoms with Gasteiger partial charge in [-0.1, -0.05) is 42.5 Å². The monoisotopic (exact) mass is 293 g/mol. The molecule has 2 aromatic carbocycles. The highest BCUT2D eigenvalue weighted by atomic mass is 16.2. The van der Waals surface area contributed by atoms with Crippen LogP contribution in [0.4, 0.5) is 0 Å². The van der Waals surface area contributed by atoms with Gasteiger partial charge in [-0.25, -0.2) is 0 Å². The Morgan fingerprint density at radius 2 is 1.86 bits per heavy atom. The number of hydrogen-bond donors (Lipinski definition) is 1. The van der Waals surface area contributed by atoms with E-state index in [4.69, 9.17) is 0 Å². The van der Waals surface area contributed by atoms with E-state index in [9.17, 15) is 4.79 Å². The van der Waals surface area contributed by atoms with Crippen LogP contribution in [0.3, 0.4) is 0 Å². The van der Waals surface area contributed by atoms with Crippen LogP contribution >= 0.6 is 0 Å². The van der Waals surface area contributed by atoms with Crippen LogP contribution in [0.5, 0.6) is 0 Å². The quantitative estimate of drug-likeness (QED) is 0.800. The summed E-state index contributed by atoms with van der Waals surface area (Å²) >= 11 is 0. The average molecular weight is 293 g/mol. The number of carbonyl (C=O) groups excluding carboxylic acids is 1. The molecule has 0 aliphatic rings. The van der Waals surface area contributed by atoms with Gasteiger partial charge in [0.05, 0.1) is 5.52 Å². The zero-order chi connectivity index (χ0) is 15.5. The lowest BCUT2D eigenvalue weighted by atomic mass is 10.1. The second-order valence-corrected chi connectivity index (χ2v) is 5.36. The number of nitrogens with zero attached hydrogens (tertiary/aromatic N) is 2. The molecule has 0 saturated heterocycles. The molecule has 0 aliphatic heterocycles. The molecule has 3 rings (SSSR count). The van der Waals surface area contributed by atoms with Crippen molar-refractivity contribution in [2.45, 2.75) is 20.4 Å². The second kappa shape index (κ2) is 6.02. The summed E-state index contributed by atoms with van der Waals surface area (Å²) in [7, 11) is 0. The number of para-hydroxylation sites is 1. The molecule has 1 aromatic heterocycles. The molecule has 0 fully saturated rings. The maximum Gasteiger partial charge on any atom is 0.275 e. The minimum absolute atomic E-state index is 0.0387. The van der Waals surface area contributed by atoms with Crippen LogP contribution in [0.2, 0.25) is 0 Å². The SMILES string of the molecule is CCN(Cc1ccccc1C)C(=O)c1n[nH]c2ccccc12. The van der Waals surface area contributed by atoms with Crippen LogP contribution < -0.4 is 0 Å². The number of H-pyrrole nitrogens is 1. The molecule has 0 bridgehead atoms. The second-order valence-electron chi connectivity index (χ2n) is 5.36. The third kappa shape index (κ3) is 2.60. The van der Waals surface area contributed by atoms with Gasteiger partial charge in [-0.2, -0.15) is 5.10 Å². The highest BCUT2D eigenvalue weighted by Gasteiger charge is 2.20. The normalized spacial score (nSPS) is 10.8. The molecule has 0 spiro atoms. The highest BCUT2D eigenvalue weighted by molar-refractivity contribution is 6.04. The van der Waals surface area contributed by atoms with E-state index in [1.165, 1.54) is 5.56 Å². The average Bonchev–Trinajstić information content (AvgIpc) is 2.97. The number of nitrogens with one attached hydrogen (secondary N) is 1. The lowest BCUT2D eigenvalue weighted by molar-refractivity contribution is 0.0748. The first kappa shape index (κ1) is 14.3. The molecule has 3 aromatic rings. The van der Waals surface area contributed by atoms with Crippen LogP contribution in [0.15, 0.2) is 48.5 Å². The van der Waals surface area contributed by atoms with Crippen molar-refractivity contribution in [3.63, 3.8) is 0 Å². The highest BCUT2D eigenvalue weighted by Crippen LogP contribution is 2.18. The van der Waals surface area contributed by atoms with Crippen molar-refractivity contribution in [2.24, 2.45) is 0 Å². The number of aryl methyl sites for hydroxylation is 1. The summed E-state index contributed by atoms with van der Waals surface area (Å²) in [6, 6.07) is 15.9. The third-order valence-electron chi connectivity index (χ3n) is 3.96. The van der Waals surface area contributed by atoms with Crippen molar-refractivity contribution in [2.75, 3.05) is 6.54 Å². The van der Waals surface area contributed by atoms with E-state index in [1.807, 2.05) is 48.2 Å². The molecule has 1 N–H and O–H groups in total. The van der Waals surface area contributed by atoms with Gasteiger partial charge in [-0.15, -0.1) is 0 Å². The minimum Gasteiger partial charge on any atom is -0.333 e. The fraction of sp³-hybridized carbons (Fsp3) is 0.222. The number of amides is 1. The van der Waals surface area contributed by atoms with E-state index in [2.05, 4.69) is 29.3 Å². The Morgan fingerprint density at radius 3 is 2.64 bits per heavy atom. The van der Waals surface area contributed by atoms with Gasteiger partial charge in [0, 0.05) is 18.5 Å². The molecule has 4 heteroatoms. The molecular formula is C18H19N3O. The van der Waals surface area contributed by atoms with E-state index >= 15 is 0 Å². The first-order valence-corrected chi connectivity index (χ1v) is 7.47. The Morgan fingerprint density at radius 1 is 1.14 bits per heavy atom. The Labute approximate surface area is 129 Å². The van der Waals surface area contributed by atoms with Gasteiger partial charge in [-0.3, -0.25) is 9.89 Å². The molecule has 0 saturated carbocycles. The van der Waals surface area contributed by atoms with Gasteiger partial charge in [-0.05, 0) is 31.0 Å². The zero-order valence-electron chi connectivity index (χ0n) is 12.8. The largest absolute Gasteiger partial charge is 0.333 e. The Hall–Kier alpha value is -2.62. The van der Waals surface area contributed by atoms with Gasteiger partial charge in [0.25, 0.3) is 5.91 Å². The van der Waals surface area contributed by atoms with Crippen molar-refractivity contribution >= 4 is 16.8 Å². The lowest BCUT2D eigenvalue weighted by Crippen LogP contribution is -2.31. The number of benzene rings is 2. The maximum atomic E-state index is 12.8. The predicted octanol–water partition coefficient (Wildman–Crippen LogP) is 3.53. The lowest BCUT2D eigenvalue weighted by Gasteiger charge is -2.21. The number of fused-ring (bicyclic) bond motifs is 1. The predicted molar refractivity (Wildman–Crippen MR) is 87.7 cm³/mol. The summed E-state index contributed by atoms with van der Waals surface area (Å²) in [5.41, 5.74) is 3.74. The van der Waals surface area contributed by atoms with E-state index in [1.54, 1.807) is 0 Å². The van der Waals surface area contributed by atoms with E-state index in [0.717, 1.165) is 16.5 Å². The molecule has 4 nitrogen and oxygen atoms in total. The first-order valence-electron chi connectivity index (χ1n) is 7.47. The van der Waals surface area contributed by atoms with Gasteiger partial charge in [0.15, 0.2) is 5.69 Å². The van der Waals surface area contributed by atoms with Crippen LogP contribution in [-0.2, 0) is 6.54 Å². The smallest absolute Gasteiger partial charge is 0.275 e. The molecule has 0 radical (unpaired) electrons. The molecule has 0 atom stereocenters. The number of aromatic nitrogens is 2. The van der Waals surface area contributed by atoms with Crippen molar-refractivity contribution in [1.29, 1.82) is 0 Å². The Bertz CT molecular complexity index is 807. The molecule has 0 unspecified atom stereocenters. The third-order valence-corrected chi connectivity index (χ3v) is 3.96. The van der Waals surface area contributed by atoms with Crippen LogP contribution in [0.1, 0.15) is 28.5 Å². The van der Waals surface area contributed by atoms with E-state index in [0.29, 0.717) is 18.8 Å². The molecule has 22 heavy (non-hydrogen) atoms. The summed E-state index contributed by atoms with van der Waals surface area (Å²) in [4.78, 5) is 14.6. The van der Waals surface area contributed by atoms with Crippen molar-refractivity contribution in [3.8, 4) is 0 Å². The minimum atomic E-state index is -0.0387. The Kier molecular flexibility index (Phi) is 3.92. The molecule has 1 amide bonds. The summed E-state index contributed by atoms with van der Waals surface area (Å²) in [6.45, 7) is 5.31. The van der Waals surface area contributed by atoms with Crippen LogP contribution in [-0.4, -0.2) is 27.5 Å². The van der Waals surface area contributed by atoms with E-state index in [-0.39, 0.29) is 5.91 Å². The topological polar surface area (TPSA) is 49.0 Å². The summed E-state index contributed by atoms with van der Waals surface area (Å²) < 4.78 is 0. The van der Waals surface area contributed by atoms with Crippen molar-refractivity contribution < 1.29 is 4.79 Å². The number of aromatic amines is 1. The summed E-state index contributed by atoms with van der Waals surface area (Å²) in [5.74, 6) is -0.0387. The molecule has 1 heterocycles. The first-order chi connectivity index (χ1) is 10.7. The molecular weight excluding hydrogens is 274 g/mol. The fourth-order valence-corrected chi connectivity index (χ4v) is 2.60. The van der Waals surface area contributed by atoms with Gasteiger partial charge in [0.2, 0.25) is 0 Å². The summed E-state index contributed by atoms with van der Waals surface area (Å²) in [5, 5.41) is 8.01. The van der Waals surface area contributed by atoms with Gasteiger partial charge in [0.1, 0.15) is 0 Å². The van der Waals surface area contributed by atoms with E-state index < -0.39 is 0 Å². The van der Waals surface area contributed by atoms with Crippen LogP contribution in [0, 0.1) is 6.92 Å². The van der Waals surface area contributed by atoms with Crippen LogP contribution in [0.25, 0.3) is 10.9 Å². The summed E-state index contributed by atoms with van der Waals surface area (Å²) in [6.07, 6.45) is 0. The number of carbonyl (C=O) groups is 1. The maximum absolute atomic E-state index is 12.8. The van der Waals surface area contributed by atoms with Gasteiger partial charge < -0.3 is 4.90 Å². The van der Waals surface area contributed by atoms with Crippen molar-refractivity contribution in [3.05, 3.63) is 65.4 Å². The zero-order valence-corrected chi connectivity index (χ0v) is 12.8. The van der Waals surface area contributed by atoms with Crippen molar-refractivity contribution in [1.82, 2.24) is 15.1 Å². The number of hydrogen-bond acceptors (Lipinski definition) is 2. The molecule has 0 aliphatic carbocycles. The standard InChI is InChI=1S/C18H19N3O/c1-3-21(12-14-9-5-4-8-13(14)2)18(22)17-15-10-6-7-11-16(15)19-20-17/h4-11H,3,12H2,1-2H3,(H,19,20).